The van der Waals surface area contributed by atoms with E-state index < -0.39 is 0 Å². The molecule has 1 aromatic carbocycles. The van der Waals surface area contributed by atoms with E-state index in [1.807, 2.05) is 18.2 Å². The Kier molecular flexibility index (Phi) is 7.18. The molecule has 3 rings (SSSR count). The number of benzene rings is 1. The summed E-state index contributed by atoms with van der Waals surface area (Å²) < 4.78 is 10.6. The van der Waals surface area contributed by atoms with Crippen LogP contribution >= 0.6 is 0 Å². The lowest BCUT2D eigenvalue weighted by atomic mass is 9.73. The zero-order valence-corrected chi connectivity index (χ0v) is 18.6. The van der Waals surface area contributed by atoms with Gasteiger partial charge in [0.25, 0.3) is 0 Å². The Balaban J connectivity index is 1.63. The number of nitrogens with zero attached hydrogens (tertiary/aromatic N) is 3. The van der Waals surface area contributed by atoms with Crippen LogP contribution in [0.25, 0.3) is 0 Å². The fourth-order valence-electron chi connectivity index (χ4n) is 3.95. The molecule has 0 aliphatic heterocycles. The van der Waals surface area contributed by atoms with Crippen LogP contribution in [0.15, 0.2) is 24.4 Å². The molecular formula is C23H31N5O3. The first-order chi connectivity index (χ1) is 14.9. The third-order valence-electron chi connectivity index (χ3n) is 5.86. The first kappa shape index (κ1) is 22.6. The SMILES string of the molecule is COc1ccc(CCNc2ncc(C#N)c(N[C@@H]3CC[C@H](O)C(C)(C)C3)n2)cc1OC. The van der Waals surface area contributed by atoms with E-state index in [1.165, 1.54) is 6.20 Å². The van der Waals surface area contributed by atoms with E-state index >= 15 is 0 Å². The Morgan fingerprint density at radius 2 is 2.00 bits per heavy atom. The van der Waals surface area contributed by atoms with Gasteiger partial charge in [-0.25, -0.2) is 4.98 Å². The van der Waals surface area contributed by atoms with Crippen molar-refractivity contribution in [3.63, 3.8) is 0 Å². The smallest absolute Gasteiger partial charge is 0.224 e. The molecule has 2 atom stereocenters. The van der Waals surface area contributed by atoms with Gasteiger partial charge in [0.2, 0.25) is 5.95 Å². The summed E-state index contributed by atoms with van der Waals surface area (Å²) in [6.07, 6.45) is 4.36. The zero-order valence-electron chi connectivity index (χ0n) is 18.6. The Morgan fingerprint density at radius 3 is 2.68 bits per heavy atom. The number of rotatable bonds is 8. The van der Waals surface area contributed by atoms with Crippen LogP contribution in [0.1, 0.15) is 44.2 Å². The standard InChI is InChI=1S/C23H31N5O3/c1-23(2)12-17(6-8-20(23)29)27-21-16(13-24)14-26-22(28-21)25-10-9-15-5-7-18(30-3)19(11-15)31-4/h5,7,11,14,17,20,29H,6,8-10,12H2,1-4H3,(H2,25,26,27,28)/t17-,20+/m1/s1. The van der Waals surface area contributed by atoms with Crippen molar-refractivity contribution in [2.45, 2.75) is 51.7 Å². The summed E-state index contributed by atoms with van der Waals surface area (Å²) in [7, 11) is 3.23. The maximum atomic E-state index is 10.2. The summed E-state index contributed by atoms with van der Waals surface area (Å²) in [6, 6.07) is 8.14. The van der Waals surface area contributed by atoms with Gasteiger partial charge in [0.15, 0.2) is 11.5 Å². The number of methoxy groups -OCH3 is 2. The van der Waals surface area contributed by atoms with Gasteiger partial charge in [-0.2, -0.15) is 10.2 Å². The van der Waals surface area contributed by atoms with Crippen molar-refractivity contribution in [2.75, 3.05) is 31.4 Å². The summed E-state index contributed by atoms with van der Waals surface area (Å²) in [5, 5.41) is 26.3. The van der Waals surface area contributed by atoms with Gasteiger partial charge in [-0.05, 0) is 48.8 Å². The number of aromatic nitrogens is 2. The molecule has 1 saturated carbocycles. The minimum Gasteiger partial charge on any atom is -0.493 e. The van der Waals surface area contributed by atoms with Crippen molar-refractivity contribution in [1.29, 1.82) is 5.26 Å². The molecule has 1 fully saturated rings. The normalized spacial score (nSPS) is 19.9. The minimum absolute atomic E-state index is 0.153. The van der Waals surface area contributed by atoms with Gasteiger partial charge >= 0.3 is 0 Å². The molecule has 8 heteroatoms. The second-order valence-corrected chi connectivity index (χ2v) is 8.56. The van der Waals surface area contributed by atoms with Crippen LogP contribution in [0.5, 0.6) is 11.5 Å². The quantitative estimate of drug-likeness (QED) is 0.590. The number of hydrogen-bond acceptors (Lipinski definition) is 8. The van der Waals surface area contributed by atoms with E-state index in [9.17, 15) is 10.4 Å². The van der Waals surface area contributed by atoms with Crippen LogP contribution in [0.2, 0.25) is 0 Å². The number of hydrogen-bond donors (Lipinski definition) is 3. The van der Waals surface area contributed by atoms with Crippen molar-refractivity contribution < 1.29 is 14.6 Å². The van der Waals surface area contributed by atoms with Crippen molar-refractivity contribution in [1.82, 2.24) is 9.97 Å². The van der Waals surface area contributed by atoms with Gasteiger partial charge < -0.3 is 25.2 Å². The average Bonchev–Trinajstić information content (AvgIpc) is 2.76. The largest absolute Gasteiger partial charge is 0.493 e. The first-order valence-corrected chi connectivity index (χ1v) is 10.5. The third-order valence-corrected chi connectivity index (χ3v) is 5.86. The molecule has 0 saturated heterocycles. The van der Waals surface area contributed by atoms with Crippen LogP contribution in [-0.2, 0) is 6.42 Å². The molecule has 2 aromatic rings. The summed E-state index contributed by atoms with van der Waals surface area (Å²) in [4.78, 5) is 8.80. The summed E-state index contributed by atoms with van der Waals surface area (Å²) in [6.45, 7) is 4.76. The molecule has 3 N–H and O–H groups in total. The molecule has 0 unspecified atom stereocenters. The molecule has 0 bridgehead atoms. The van der Waals surface area contributed by atoms with Gasteiger partial charge in [0.1, 0.15) is 17.5 Å². The molecule has 1 aliphatic carbocycles. The topological polar surface area (TPSA) is 112 Å². The maximum absolute atomic E-state index is 10.2. The third kappa shape index (κ3) is 5.56. The van der Waals surface area contributed by atoms with Crippen molar-refractivity contribution in [3.8, 4) is 17.6 Å². The van der Waals surface area contributed by atoms with Gasteiger partial charge in [0.05, 0.1) is 26.5 Å². The minimum atomic E-state index is -0.305. The molecule has 1 aliphatic rings. The Hall–Kier alpha value is -3.05. The van der Waals surface area contributed by atoms with E-state index in [0.717, 1.165) is 31.2 Å². The Labute approximate surface area is 183 Å². The average molecular weight is 426 g/mol. The van der Waals surface area contributed by atoms with Crippen molar-refractivity contribution in [3.05, 3.63) is 35.5 Å². The monoisotopic (exact) mass is 425 g/mol. The zero-order chi connectivity index (χ0) is 22.4. The van der Waals surface area contributed by atoms with E-state index in [4.69, 9.17) is 9.47 Å². The lowest BCUT2D eigenvalue weighted by Gasteiger charge is -2.40. The second-order valence-electron chi connectivity index (χ2n) is 8.56. The lowest BCUT2D eigenvalue weighted by molar-refractivity contribution is 0.00926. The summed E-state index contributed by atoms with van der Waals surface area (Å²) >= 11 is 0. The predicted octanol–water partition coefficient (Wildman–Crippen LogP) is 3.37. The molecule has 166 valence electrons. The summed E-state index contributed by atoms with van der Waals surface area (Å²) in [5.74, 6) is 2.39. The highest BCUT2D eigenvalue weighted by Crippen LogP contribution is 2.37. The molecule has 0 radical (unpaired) electrons. The molecule has 0 amide bonds. The van der Waals surface area contributed by atoms with E-state index in [-0.39, 0.29) is 17.6 Å². The second kappa shape index (κ2) is 9.84. The van der Waals surface area contributed by atoms with Crippen LogP contribution in [0.3, 0.4) is 0 Å². The van der Waals surface area contributed by atoms with E-state index in [1.54, 1.807) is 14.2 Å². The highest BCUT2D eigenvalue weighted by Gasteiger charge is 2.35. The Morgan fingerprint density at radius 1 is 1.23 bits per heavy atom. The van der Waals surface area contributed by atoms with Crippen LogP contribution in [-0.4, -0.2) is 48.0 Å². The van der Waals surface area contributed by atoms with Crippen molar-refractivity contribution in [2.24, 2.45) is 5.41 Å². The van der Waals surface area contributed by atoms with Gasteiger partial charge in [-0.15, -0.1) is 0 Å². The number of nitriles is 1. The van der Waals surface area contributed by atoms with Gasteiger partial charge in [-0.3, -0.25) is 0 Å². The fourth-order valence-corrected chi connectivity index (χ4v) is 3.95. The number of aliphatic hydroxyl groups excluding tert-OH is 1. The molecular weight excluding hydrogens is 394 g/mol. The van der Waals surface area contributed by atoms with Crippen LogP contribution in [0.4, 0.5) is 11.8 Å². The Bertz CT molecular complexity index is 941. The molecule has 31 heavy (non-hydrogen) atoms. The first-order valence-electron chi connectivity index (χ1n) is 10.5. The number of anilines is 2. The fraction of sp³-hybridized carbons (Fsp3) is 0.522. The van der Waals surface area contributed by atoms with Crippen molar-refractivity contribution >= 4 is 11.8 Å². The van der Waals surface area contributed by atoms with Gasteiger partial charge in [0, 0.05) is 12.6 Å². The molecule has 0 spiro atoms. The number of nitrogens with one attached hydrogen (secondary N) is 2. The van der Waals surface area contributed by atoms with Crippen LogP contribution < -0.4 is 20.1 Å². The summed E-state index contributed by atoms with van der Waals surface area (Å²) in [5.41, 5.74) is 1.34. The predicted molar refractivity (Wildman–Crippen MR) is 120 cm³/mol. The van der Waals surface area contributed by atoms with Gasteiger partial charge in [-0.1, -0.05) is 19.9 Å². The van der Waals surface area contributed by atoms with Crippen LogP contribution in [0, 0.1) is 16.7 Å². The molecule has 1 aromatic heterocycles. The molecule has 8 nitrogen and oxygen atoms in total. The highest BCUT2D eigenvalue weighted by molar-refractivity contribution is 5.54. The van der Waals surface area contributed by atoms with E-state index in [2.05, 4.69) is 40.5 Å². The molecule has 1 heterocycles. The number of ether oxygens (including phenoxy) is 2. The number of aliphatic hydroxyl groups is 1. The maximum Gasteiger partial charge on any atom is 0.224 e. The highest BCUT2D eigenvalue weighted by atomic mass is 16.5. The lowest BCUT2D eigenvalue weighted by Crippen LogP contribution is -2.41. The van der Waals surface area contributed by atoms with E-state index in [0.29, 0.717) is 35.4 Å².